The van der Waals surface area contributed by atoms with Gasteiger partial charge in [-0.1, -0.05) is 17.8 Å². The van der Waals surface area contributed by atoms with Crippen molar-refractivity contribution in [3.05, 3.63) is 34.4 Å². The minimum Gasteiger partial charge on any atom is -0.504 e. The Kier molecular flexibility index (Phi) is 4.06. The van der Waals surface area contributed by atoms with E-state index < -0.39 is 11.8 Å². The highest BCUT2D eigenvalue weighted by atomic mass is 32.2. The normalized spacial score (nSPS) is 21.6. The summed E-state index contributed by atoms with van der Waals surface area (Å²) in [5.41, 5.74) is 6.59. The maximum atomic E-state index is 9.87. The number of rotatable bonds is 2. The molecule has 6 nitrogen and oxygen atoms in total. The molecule has 21 heavy (non-hydrogen) atoms. The van der Waals surface area contributed by atoms with Gasteiger partial charge in [-0.2, -0.15) is 10.5 Å². The van der Waals surface area contributed by atoms with Crippen LogP contribution in [0.4, 0.5) is 0 Å². The fourth-order valence-corrected chi connectivity index (χ4v) is 3.06. The molecule has 0 bridgehead atoms. The summed E-state index contributed by atoms with van der Waals surface area (Å²) in [6.07, 6.45) is 0. The third-order valence-corrected chi connectivity index (χ3v) is 4.15. The van der Waals surface area contributed by atoms with Gasteiger partial charge in [0.25, 0.3) is 0 Å². The van der Waals surface area contributed by atoms with E-state index in [1.54, 1.807) is 12.1 Å². The van der Waals surface area contributed by atoms with Gasteiger partial charge >= 0.3 is 0 Å². The van der Waals surface area contributed by atoms with Gasteiger partial charge in [-0.25, -0.2) is 0 Å². The Morgan fingerprint density at radius 2 is 2.14 bits per heavy atom. The molecule has 1 aromatic rings. The van der Waals surface area contributed by atoms with Gasteiger partial charge in [0.1, 0.15) is 5.92 Å². The minimum absolute atomic E-state index is 0.0905. The van der Waals surface area contributed by atoms with Crippen molar-refractivity contribution in [1.29, 1.82) is 15.9 Å². The molecule has 7 heteroatoms. The number of phenolic OH excluding ortho intramolecular Hbond substituents is 1. The molecule has 4 N–H and O–H groups in total. The SMILES string of the molecule is COc1ccc([C@H]2C(C#N)=C(N)SC(=N)[C@H]2C#N)cc1O. The zero-order valence-corrected chi connectivity index (χ0v) is 11.9. The van der Waals surface area contributed by atoms with Crippen LogP contribution in [-0.2, 0) is 0 Å². The first-order valence-electron chi connectivity index (χ1n) is 5.96. The fourth-order valence-electron chi connectivity index (χ4n) is 2.23. The molecule has 0 unspecified atom stereocenters. The van der Waals surface area contributed by atoms with E-state index in [2.05, 4.69) is 0 Å². The smallest absolute Gasteiger partial charge is 0.160 e. The van der Waals surface area contributed by atoms with Gasteiger partial charge in [-0.05, 0) is 17.7 Å². The third kappa shape index (κ3) is 2.51. The molecular weight excluding hydrogens is 288 g/mol. The van der Waals surface area contributed by atoms with E-state index in [1.165, 1.54) is 13.2 Å². The lowest BCUT2D eigenvalue weighted by molar-refractivity contribution is 0.373. The molecule has 0 spiro atoms. The Balaban J connectivity index is 2.60. The topological polar surface area (TPSA) is 127 Å². The number of nitriles is 2. The quantitative estimate of drug-likeness (QED) is 0.767. The maximum absolute atomic E-state index is 9.87. The number of allylic oxidation sites excluding steroid dienone is 1. The Hall–Kier alpha value is -2.64. The van der Waals surface area contributed by atoms with Crippen LogP contribution in [0.5, 0.6) is 11.5 Å². The molecule has 2 rings (SSSR count). The van der Waals surface area contributed by atoms with Crippen LogP contribution < -0.4 is 10.5 Å². The van der Waals surface area contributed by atoms with Crippen molar-refractivity contribution in [2.45, 2.75) is 5.92 Å². The van der Waals surface area contributed by atoms with E-state index >= 15 is 0 Å². The summed E-state index contributed by atoms with van der Waals surface area (Å²) in [6.45, 7) is 0. The summed E-state index contributed by atoms with van der Waals surface area (Å²) in [4.78, 5) is 0. The first kappa shape index (κ1) is 14.8. The number of hydrogen-bond acceptors (Lipinski definition) is 7. The largest absolute Gasteiger partial charge is 0.504 e. The van der Waals surface area contributed by atoms with Crippen LogP contribution >= 0.6 is 11.8 Å². The van der Waals surface area contributed by atoms with E-state index in [0.717, 1.165) is 11.8 Å². The number of nitrogens with two attached hydrogens (primary N) is 1. The molecule has 2 atom stereocenters. The lowest BCUT2D eigenvalue weighted by Crippen LogP contribution is -2.26. The number of hydrogen-bond donors (Lipinski definition) is 3. The first-order chi connectivity index (χ1) is 10.0. The number of nitrogens with one attached hydrogen (secondary N) is 1. The maximum Gasteiger partial charge on any atom is 0.160 e. The molecule has 0 fully saturated rings. The van der Waals surface area contributed by atoms with Gasteiger partial charge in [0.2, 0.25) is 0 Å². The van der Waals surface area contributed by atoms with E-state index in [-0.39, 0.29) is 21.4 Å². The first-order valence-corrected chi connectivity index (χ1v) is 6.77. The van der Waals surface area contributed by atoms with Crippen LogP contribution in [0.2, 0.25) is 0 Å². The van der Waals surface area contributed by atoms with Crippen molar-refractivity contribution >= 4 is 16.8 Å². The molecule has 106 valence electrons. The lowest BCUT2D eigenvalue weighted by Gasteiger charge is -2.28. The standard InChI is InChI=1S/C14H12N4O2S/c1-20-11-3-2-7(4-10(11)19)12-8(5-15)13(17)21-14(18)9(12)6-16/h2-4,8,12,17,19H,18H2,1H3/t8-,12+/m0/s1. The van der Waals surface area contributed by atoms with Crippen molar-refractivity contribution in [1.82, 2.24) is 0 Å². The van der Waals surface area contributed by atoms with Gasteiger partial charge in [0.15, 0.2) is 11.5 Å². The average Bonchev–Trinajstić information content (AvgIpc) is 2.46. The number of aromatic hydroxyl groups is 1. The Morgan fingerprint density at radius 3 is 2.67 bits per heavy atom. The van der Waals surface area contributed by atoms with Crippen molar-refractivity contribution in [3.63, 3.8) is 0 Å². The highest BCUT2D eigenvalue weighted by molar-refractivity contribution is 8.17. The van der Waals surface area contributed by atoms with Crippen LogP contribution in [0.15, 0.2) is 28.8 Å². The Labute approximate surface area is 125 Å². The van der Waals surface area contributed by atoms with Crippen LogP contribution in [0.1, 0.15) is 11.5 Å². The molecule has 0 amide bonds. The highest BCUT2D eigenvalue weighted by Crippen LogP contribution is 2.44. The molecule has 1 aromatic carbocycles. The summed E-state index contributed by atoms with van der Waals surface area (Å²) < 4.78 is 4.97. The third-order valence-electron chi connectivity index (χ3n) is 3.23. The number of phenols is 1. The number of benzene rings is 1. The van der Waals surface area contributed by atoms with Crippen LogP contribution in [-0.4, -0.2) is 17.3 Å². The predicted octanol–water partition coefficient (Wildman–Crippen LogP) is 2.04. The molecule has 0 saturated heterocycles. The van der Waals surface area contributed by atoms with E-state index in [0.29, 0.717) is 11.3 Å². The van der Waals surface area contributed by atoms with Crippen LogP contribution in [0, 0.1) is 34.0 Å². The number of ether oxygens (including phenoxy) is 1. The van der Waals surface area contributed by atoms with Crippen LogP contribution in [0.25, 0.3) is 0 Å². The van der Waals surface area contributed by atoms with Crippen molar-refractivity contribution in [2.75, 3.05) is 7.11 Å². The van der Waals surface area contributed by atoms with Gasteiger partial charge in [-0.3, -0.25) is 5.41 Å². The second kappa shape index (κ2) is 5.78. The predicted molar refractivity (Wildman–Crippen MR) is 78.6 cm³/mol. The second-order valence-corrected chi connectivity index (χ2v) is 5.46. The fraction of sp³-hybridized carbons (Fsp3) is 0.214. The summed E-state index contributed by atoms with van der Waals surface area (Å²) in [5, 5.41) is 36.7. The zero-order chi connectivity index (χ0) is 15.6. The average molecular weight is 300 g/mol. The van der Waals surface area contributed by atoms with Crippen molar-refractivity contribution in [2.24, 2.45) is 11.7 Å². The number of methoxy groups -OCH3 is 1. The molecular formula is C14H12N4O2S. The second-order valence-electron chi connectivity index (χ2n) is 4.37. The summed E-state index contributed by atoms with van der Waals surface area (Å²) in [7, 11) is 1.43. The van der Waals surface area contributed by atoms with Crippen LogP contribution in [0.3, 0.4) is 0 Å². The summed E-state index contributed by atoms with van der Waals surface area (Å²) in [5.74, 6) is -1.26. The van der Waals surface area contributed by atoms with Crippen molar-refractivity contribution < 1.29 is 9.84 Å². The molecule has 0 saturated carbocycles. The van der Waals surface area contributed by atoms with E-state index in [4.69, 9.17) is 15.9 Å². The Morgan fingerprint density at radius 1 is 1.43 bits per heavy atom. The van der Waals surface area contributed by atoms with Gasteiger partial charge in [0, 0.05) is 5.92 Å². The Bertz CT molecular complexity index is 715. The monoisotopic (exact) mass is 300 g/mol. The van der Waals surface area contributed by atoms with Gasteiger partial charge in [0.05, 0.1) is 34.9 Å². The van der Waals surface area contributed by atoms with Crippen molar-refractivity contribution in [3.8, 4) is 23.6 Å². The zero-order valence-electron chi connectivity index (χ0n) is 11.1. The van der Waals surface area contributed by atoms with E-state index in [9.17, 15) is 15.6 Å². The van der Waals surface area contributed by atoms with Gasteiger partial charge in [-0.15, -0.1) is 0 Å². The molecule has 0 radical (unpaired) electrons. The number of thioether (sulfide) groups is 1. The molecule has 0 aromatic heterocycles. The summed E-state index contributed by atoms with van der Waals surface area (Å²) >= 11 is 0.925. The summed E-state index contributed by atoms with van der Waals surface area (Å²) in [6, 6.07) is 8.68. The molecule has 1 aliphatic rings. The highest BCUT2D eigenvalue weighted by Gasteiger charge is 2.37. The molecule has 1 heterocycles. The lowest BCUT2D eigenvalue weighted by atomic mass is 9.81. The molecule has 1 aliphatic heterocycles. The number of nitrogens with zero attached hydrogens (tertiary/aromatic N) is 2. The van der Waals surface area contributed by atoms with Gasteiger partial charge < -0.3 is 15.6 Å². The minimum atomic E-state index is -0.801. The molecule has 0 aliphatic carbocycles. The van der Waals surface area contributed by atoms with E-state index in [1.807, 2.05) is 12.1 Å².